The van der Waals surface area contributed by atoms with Crippen LogP contribution >= 0.6 is 35.0 Å². The van der Waals surface area contributed by atoms with Gasteiger partial charge in [-0.2, -0.15) is 5.26 Å². The highest BCUT2D eigenvalue weighted by molar-refractivity contribution is 7.99. The maximum absolute atomic E-state index is 12.3. The highest BCUT2D eigenvalue weighted by Crippen LogP contribution is 2.22. The van der Waals surface area contributed by atoms with E-state index in [-0.39, 0.29) is 23.3 Å². The molecular formula is C21H17Cl2N5O2S. The van der Waals surface area contributed by atoms with Crippen molar-refractivity contribution in [2.75, 3.05) is 11.1 Å². The molecule has 1 N–H and O–H groups in total. The standard InChI is InChI=1S/C21H17Cl2N5O2S/c1-2-9-28-19(12-30-17-7-4-15(22)5-8-17)26-27-21(28)31-13-20(29)25-16-6-3-14(11-24)18(23)10-16/h2-8,10H,1,9,12-13H2,(H,25,29). The third-order valence-electron chi connectivity index (χ3n) is 3.99. The van der Waals surface area contributed by atoms with Gasteiger partial charge in [0.05, 0.1) is 16.3 Å². The predicted molar refractivity (Wildman–Crippen MR) is 122 cm³/mol. The van der Waals surface area contributed by atoms with Gasteiger partial charge in [0.15, 0.2) is 11.0 Å². The van der Waals surface area contributed by atoms with E-state index in [0.29, 0.717) is 39.5 Å². The molecule has 0 bridgehead atoms. The third-order valence-corrected chi connectivity index (χ3v) is 5.52. The normalized spacial score (nSPS) is 10.4. The van der Waals surface area contributed by atoms with Gasteiger partial charge in [0.25, 0.3) is 0 Å². The first kappa shape index (κ1) is 22.7. The van der Waals surface area contributed by atoms with Gasteiger partial charge >= 0.3 is 0 Å². The molecule has 0 saturated heterocycles. The van der Waals surface area contributed by atoms with E-state index in [1.165, 1.54) is 17.8 Å². The van der Waals surface area contributed by atoms with Crippen molar-refractivity contribution < 1.29 is 9.53 Å². The molecule has 0 aliphatic heterocycles. The topological polar surface area (TPSA) is 92.8 Å². The number of nitrogens with zero attached hydrogens (tertiary/aromatic N) is 4. The first-order chi connectivity index (χ1) is 15.0. The van der Waals surface area contributed by atoms with Crippen molar-refractivity contribution in [2.45, 2.75) is 18.3 Å². The average Bonchev–Trinajstić information content (AvgIpc) is 3.14. The summed E-state index contributed by atoms with van der Waals surface area (Å²) >= 11 is 13.1. The van der Waals surface area contributed by atoms with Crippen molar-refractivity contribution in [2.24, 2.45) is 0 Å². The highest BCUT2D eigenvalue weighted by Gasteiger charge is 2.14. The van der Waals surface area contributed by atoms with Gasteiger partial charge in [0.1, 0.15) is 18.4 Å². The Morgan fingerprint density at radius 1 is 1.26 bits per heavy atom. The predicted octanol–water partition coefficient (Wildman–Crippen LogP) is 4.95. The zero-order chi connectivity index (χ0) is 22.2. The molecule has 3 aromatic rings. The zero-order valence-electron chi connectivity index (χ0n) is 16.2. The van der Waals surface area contributed by atoms with Gasteiger partial charge in [-0.1, -0.05) is 41.0 Å². The number of rotatable bonds is 9. The van der Waals surface area contributed by atoms with E-state index in [1.807, 2.05) is 10.6 Å². The van der Waals surface area contributed by atoms with Gasteiger partial charge in [0.2, 0.25) is 5.91 Å². The molecule has 0 aliphatic carbocycles. The lowest BCUT2D eigenvalue weighted by Gasteiger charge is -2.09. The summed E-state index contributed by atoms with van der Waals surface area (Å²) in [7, 11) is 0. The molecule has 31 heavy (non-hydrogen) atoms. The maximum atomic E-state index is 12.3. The van der Waals surface area contributed by atoms with Crippen LogP contribution in [0.5, 0.6) is 5.75 Å². The molecule has 0 spiro atoms. The fourth-order valence-electron chi connectivity index (χ4n) is 2.53. The van der Waals surface area contributed by atoms with Crippen LogP contribution in [0.15, 0.2) is 60.3 Å². The van der Waals surface area contributed by atoms with Crippen LogP contribution in [0, 0.1) is 11.3 Å². The summed E-state index contributed by atoms with van der Waals surface area (Å²) in [4.78, 5) is 12.3. The molecule has 2 aromatic carbocycles. The van der Waals surface area contributed by atoms with Gasteiger partial charge in [-0.15, -0.1) is 16.8 Å². The molecule has 0 fully saturated rings. The number of thioether (sulfide) groups is 1. The molecule has 1 heterocycles. The third kappa shape index (κ3) is 6.25. The number of anilines is 1. The Labute approximate surface area is 193 Å². The number of hydrogen-bond donors (Lipinski definition) is 1. The van der Waals surface area contributed by atoms with Crippen LogP contribution in [0.2, 0.25) is 10.0 Å². The Hall–Kier alpha value is -2.99. The van der Waals surface area contributed by atoms with Crippen molar-refractivity contribution in [1.29, 1.82) is 5.26 Å². The maximum Gasteiger partial charge on any atom is 0.234 e. The van der Waals surface area contributed by atoms with Crippen LogP contribution in [0.25, 0.3) is 0 Å². The summed E-state index contributed by atoms with van der Waals surface area (Å²) in [5.41, 5.74) is 0.860. The summed E-state index contributed by atoms with van der Waals surface area (Å²) in [6.07, 6.45) is 1.72. The number of halogens is 2. The second-order valence-corrected chi connectivity index (χ2v) is 7.97. The van der Waals surface area contributed by atoms with E-state index >= 15 is 0 Å². The molecule has 7 nitrogen and oxygen atoms in total. The van der Waals surface area contributed by atoms with E-state index in [4.69, 9.17) is 33.2 Å². The number of carbonyl (C=O) groups is 1. The van der Waals surface area contributed by atoms with Crippen LogP contribution in [-0.4, -0.2) is 26.4 Å². The minimum absolute atomic E-state index is 0.116. The van der Waals surface area contributed by atoms with E-state index in [2.05, 4.69) is 22.1 Å². The van der Waals surface area contributed by atoms with E-state index in [0.717, 1.165) is 0 Å². The summed E-state index contributed by atoms with van der Waals surface area (Å²) < 4.78 is 7.57. The molecule has 0 unspecified atom stereocenters. The summed E-state index contributed by atoms with van der Waals surface area (Å²) in [6.45, 7) is 4.44. The SMILES string of the molecule is C=CCn1c(COc2ccc(Cl)cc2)nnc1SCC(=O)Nc1ccc(C#N)c(Cl)c1. The minimum atomic E-state index is -0.238. The number of nitriles is 1. The van der Waals surface area contributed by atoms with E-state index in [1.54, 1.807) is 42.5 Å². The summed E-state index contributed by atoms with van der Waals surface area (Å²) in [5.74, 6) is 1.15. The summed E-state index contributed by atoms with van der Waals surface area (Å²) in [6, 6.07) is 13.7. The second kappa shape index (κ2) is 10.9. The lowest BCUT2D eigenvalue weighted by atomic mass is 10.2. The first-order valence-corrected chi connectivity index (χ1v) is 10.8. The number of allylic oxidation sites excluding steroid dienone is 1. The minimum Gasteiger partial charge on any atom is -0.486 e. The Balaban J connectivity index is 1.61. The molecule has 1 amide bonds. The number of hydrogen-bond acceptors (Lipinski definition) is 6. The van der Waals surface area contributed by atoms with Crippen LogP contribution < -0.4 is 10.1 Å². The molecule has 0 aliphatic rings. The monoisotopic (exact) mass is 473 g/mol. The Kier molecular flexibility index (Phi) is 7.95. The van der Waals surface area contributed by atoms with Crippen molar-refractivity contribution in [3.05, 3.63) is 76.6 Å². The number of aromatic nitrogens is 3. The fraction of sp³-hybridized carbons (Fsp3) is 0.143. The molecule has 3 rings (SSSR count). The number of benzene rings is 2. The van der Waals surface area contributed by atoms with Gasteiger partial charge in [-0.3, -0.25) is 9.36 Å². The molecule has 158 valence electrons. The van der Waals surface area contributed by atoms with Crippen LogP contribution in [0.1, 0.15) is 11.4 Å². The fourth-order valence-corrected chi connectivity index (χ4v) is 3.65. The van der Waals surface area contributed by atoms with Crippen LogP contribution in [-0.2, 0) is 17.9 Å². The average molecular weight is 474 g/mol. The number of carbonyl (C=O) groups excluding carboxylic acids is 1. The molecular weight excluding hydrogens is 457 g/mol. The molecule has 0 radical (unpaired) electrons. The van der Waals surface area contributed by atoms with E-state index < -0.39 is 0 Å². The molecule has 10 heteroatoms. The molecule has 0 atom stereocenters. The van der Waals surface area contributed by atoms with Crippen molar-refractivity contribution >= 4 is 46.6 Å². The molecule has 0 saturated carbocycles. The Morgan fingerprint density at radius 2 is 2.03 bits per heavy atom. The van der Waals surface area contributed by atoms with Crippen LogP contribution in [0.3, 0.4) is 0 Å². The smallest absolute Gasteiger partial charge is 0.234 e. The van der Waals surface area contributed by atoms with E-state index in [9.17, 15) is 4.79 Å². The van der Waals surface area contributed by atoms with Gasteiger partial charge in [0, 0.05) is 17.3 Å². The number of amides is 1. The van der Waals surface area contributed by atoms with Gasteiger partial charge < -0.3 is 10.1 Å². The highest BCUT2D eigenvalue weighted by atomic mass is 35.5. The van der Waals surface area contributed by atoms with Gasteiger partial charge in [-0.25, -0.2) is 0 Å². The lowest BCUT2D eigenvalue weighted by Crippen LogP contribution is -2.15. The van der Waals surface area contributed by atoms with Crippen molar-refractivity contribution in [1.82, 2.24) is 14.8 Å². The zero-order valence-corrected chi connectivity index (χ0v) is 18.5. The lowest BCUT2D eigenvalue weighted by molar-refractivity contribution is -0.113. The number of nitrogens with one attached hydrogen (secondary N) is 1. The van der Waals surface area contributed by atoms with Gasteiger partial charge in [-0.05, 0) is 42.5 Å². The van der Waals surface area contributed by atoms with Crippen molar-refractivity contribution in [3.63, 3.8) is 0 Å². The Bertz CT molecular complexity index is 1130. The first-order valence-electron chi connectivity index (χ1n) is 9.03. The number of ether oxygens (including phenoxy) is 1. The van der Waals surface area contributed by atoms with Crippen LogP contribution in [0.4, 0.5) is 5.69 Å². The summed E-state index contributed by atoms with van der Waals surface area (Å²) in [5, 5.41) is 21.5. The Morgan fingerprint density at radius 3 is 2.71 bits per heavy atom. The largest absolute Gasteiger partial charge is 0.486 e. The van der Waals surface area contributed by atoms with Crippen molar-refractivity contribution in [3.8, 4) is 11.8 Å². The molecule has 1 aromatic heterocycles. The quantitative estimate of drug-likeness (QED) is 0.348. The second-order valence-electron chi connectivity index (χ2n) is 6.18.